The molecule has 2 saturated heterocycles. The Morgan fingerprint density at radius 1 is 1.27 bits per heavy atom. The molecule has 0 aliphatic carbocycles. The lowest BCUT2D eigenvalue weighted by molar-refractivity contribution is -0.0529. The van der Waals surface area contributed by atoms with Crippen molar-refractivity contribution >= 4 is 17.7 Å². The number of rotatable bonds is 6. The predicted octanol–water partition coefficient (Wildman–Crippen LogP) is 4.10. The summed E-state index contributed by atoms with van der Waals surface area (Å²) in [5.41, 5.74) is -0.545. The number of carbonyl (C=O) groups is 1. The quantitative estimate of drug-likeness (QED) is 0.654. The van der Waals surface area contributed by atoms with E-state index in [2.05, 4.69) is 37.1 Å². The number of nitrogens with one attached hydrogen (secondary N) is 2. The van der Waals surface area contributed by atoms with Crippen LogP contribution in [0.2, 0.25) is 0 Å². The minimum absolute atomic E-state index is 0.0381. The van der Waals surface area contributed by atoms with Crippen LogP contribution in [-0.2, 0) is 4.74 Å². The Morgan fingerprint density at radius 3 is 2.79 bits per heavy atom. The van der Waals surface area contributed by atoms with Gasteiger partial charge in [-0.25, -0.2) is 4.79 Å². The molecule has 2 N–H and O–H groups in total. The van der Waals surface area contributed by atoms with Crippen LogP contribution in [-0.4, -0.2) is 61.6 Å². The molecular weight excluding hydrogens is 438 g/mol. The molecule has 2 aliphatic heterocycles. The van der Waals surface area contributed by atoms with Gasteiger partial charge in [0.15, 0.2) is 5.82 Å². The normalized spacial score (nSPS) is 24.6. The van der Waals surface area contributed by atoms with E-state index in [1.54, 1.807) is 0 Å². The summed E-state index contributed by atoms with van der Waals surface area (Å²) in [6.45, 7) is 4.70. The van der Waals surface area contributed by atoms with Crippen molar-refractivity contribution in [1.29, 1.82) is 0 Å². The van der Waals surface area contributed by atoms with Gasteiger partial charge in [-0.3, -0.25) is 10.1 Å². The molecule has 4 heterocycles. The van der Waals surface area contributed by atoms with Crippen molar-refractivity contribution in [2.45, 2.75) is 77.4 Å². The second-order valence-corrected chi connectivity index (χ2v) is 9.30. The molecule has 4 atom stereocenters. The van der Waals surface area contributed by atoms with Crippen molar-refractivity contribution in [1.82, 2.24) is 25.1 Å². The summed E-state index contributed by atoms with van der Waals surface area (Å²) in [6.07, 6.45) is 5.05. The molecule has 0 unspecified atom stereocenters. The smallest absolute Gasteiger partial charge is 0.410 e. The molecule has 2 aromatic rings. The van der Waals surface area contributed by atoms with E-state index in [0.717, 1.165) is 12.8 Å². The van der Waals surface area contributed by atoms with Crippen molar-refractivity contribution in [2.75, 3.05) is 5.32 Å². The molecule has 2 bridgehead atoms. The lowest BCUT2D eigenvalue weighted by Crippen LogP contribution is -2.55. The molecule has 0 saturated carbocycles. The molecule has 33 heavy (non-hydrogen) atoms. The molecule has 10 nitrogen and oxygen atoms in total. The highest BCUT2D eigenvalue weighted by atomic mass is 19.3. The number of amides is 1. The molecule has 180 valence electrons. The second kappa shape index (κ2) is 8.99. The number of ether oxygens (including phenoxy) is 3. The second-order valence-electron chi connectivity index (χ2n) is 9.30. The molecule has 1 amide bonds. The molecular formula is C21H28F2N6O4. The Labute approximate surface area is 190 Å². The van der Waals surface area contributed by atoms with Gasteiger partial charge in [0.25, 0.3) is 0 Å². The fourth-order valence-electron chi connectivity index (χ4n) is 4.42. The summed E-state index contributed by atoms with van der Waals surface area (Å²) in [7, 11) is 0. The monoisotopic (exact) mass is 466 g/mol. The Hall–Kier alpha value is -3.18. The summed E-state index contributed by atoms with van der Waals surface area (Å²) in [5.74, 6) is 0.825. The van der Waals surface area contributed by atoms with Gasteiger partial charge in [-0.15, -0.1) is 5.10 Å². The Kier molecular flexibility index (Phi) is 6.26. The minimum atomic E-state index is -2.96. The van der Waals surface area contributed by atoms with Crippen LogP contribution in [0.15, 0.2) is 18.5 Å². The minimum Gasteiger partial charge on any atom is -0.473 e. The number of halogens is 2. The highest BCUT2D eigenvalue weighted by Gasteiger charge is 2.49. The van der Waals surface area contributed by atoms with Crippen molar-refractivity contribution in [3.63, 3.8) is 0 Å². The first-order chi connectivity index (χ1) is 15.6. The van der Waals surface area contributed by atoms with Crippen LogP contribution < -0.4 is 14.8 Å². The highest BCUT2D eigenvalue weighted by molar-refractivity contribution is 5.69. The number of anilines is 2. The molecule has 2 aliphatic rings. The van der Waals surface area contributed by atoms with Gasteiger partial charge in [0, 0.05) is 30.5 Å². The van der Waals surface area contributed by atoms with Crippen molar-refractivity contribution in [3.8, 4) is 11.8 Å². The number of hydrogen-bond acceptors (Lipinski definition) is 8. The van der Waals surface area contributed by atoms with E-state index in [1.165, 1.54) is 18.5 Å². The first-order valence-electron chi connectivity index (χ1n) is 10.9. The van der Waals surface area contributed by atoms with Gasteiger partial charge in [-0.2, -0.15) is 13.8 Å². The van der Waals surface area contributed by atoms with Crippen LogP contribution in [0.4, 0.5) is 25.2 Å². The third kappa shape index (κ3) is 5.42. The zero-order valence-electron chi connectivity index (χ0n) is 18.9. The Morgan fingerprint density at radius 2 is 2.06 bits per heavy atom. The van der Waals surface area contributed by atoms with Crippen LogP contribution in [0.1, 0.15) is 47.0 Å². The number of aromatic amines is 1. The van der Waals surface area contributed by atoms with Gasteiger partial charge < -0.3 is 24.4 Å². The molecule has 0 aromatic carbocycles. The summed E-state index contributed by atoms with van der Waals surface area (Å²) in [6, 6.07) is 1.38. The highest BCUT2D eigenvalue weighted by Crippen LogP contribution is 2.41. The predicted molar refractivity (Wildman–Crippen MR) is 114 cm³/mol. The number of alkyl halides is 2. The molecule has 2 aromatic heterocycles. The number of H-pyrrole nitrogens is 1. The van der Waals surface area contributed by atoms with E-state index in [4.69, 9.17) is 9.47 Å². The number of nitrogens with zero attached hydrogens (tertiary/aromatic N) is 4. The van der Waals surface area contributed by atoms with Crippen LogP contribution in [0.5, 0.6) is 11.8 Å². The fourth-order valence-corrected chi connectivity index (χ4v) is 4.42. The number of piperidine rings is 1. The van der Waals surface area contributed by atoms with Gasteiger partial charge in [0.2, 0.25) is 11.8 Å². The molecule has 4 rings (SSSR count). The molecule has 0 spiro atoms. The SMILES string of the molecule is C[C@H]1[C@@H](Oc2cncc(Nc3cc(OC(F)F)n[nH]3)n2)C[C@H]2CC[C@@H]1N2C(=O)OC(C)(C)C. The fraction of sp³-hybridized carbons (Fsp3) is 0.619. The van der Waals surface area contributed by atoms with Gasteiger partial charge in [-0.05, 0) is 33.6 Å². The van der Waals surface area contributed by atoms with E-state index in [0.29, 0.717) is 23.9 Å². The summed E-state index contributed by atoms with van der Waals surface area (Å²) in [5, 5.41) is 9.07. The average molecular weight is 466 g/mol. The van der Waals surface area contributed by atoms with Crippen LogP contribution in [0.25, 0.3) is 0 Å². The van der Waals surface area contributed by atoms with Gasteiger partial charge >= 0.3 is 12.7 Å². The van der Waals surface area contributed by atoms with Gasteiger partial charge in [0.05, 0.1) is 12.4 Å². The summed E-state index contributed by atoms with van der Waals surface area (Å²) in [4.78, 5) is 23.2. The Balaban J connectivity index is 1.40. The van der Waals surface area contributed by atoms with E-state index >= 15 is 0 Å². The number of aromatic nitrogens is 4. The molecule has 12 heteroatoms. The van der Waals surface area contributed by atoms with Crippen molar-refractivity contribution in [3.05, 3.63) is 18.5 Å². The zero-order valence-corrected chi connectivity index (χ0v) is 18.9. The summed E-state index contributed by atoms with van der Waals surface area (Å²) >= 11 is 0. The molecule has 2 fully saturated rings. The topological polar surface area (TPSA) is 114 Å². The third-order valence-corrected chi connectivity index (χ3v) is 5.76. The summed E-state index contributed by atoms with van der Waals surface area (Å²) < 4.78 is 40.6. The van der Waals surface area contributed by atoms with Gasteiger partial charge in [-0.1, -0.05) is 6.92 Å². The number of fused-ring (bicyclic) bond motifs is 2. The number of carbonyl (C=O) groups excluding carboxylic acids is 1. The van der Waals surface area contributed by atoms with Crippen LogP contribution >= 0.6 is 0 Å². The molecule has 0 radical (unpaired) electrons. The van der Waals surface area contributed by atoms with Crippen molar-refractivity contribution in [2.24, 2.45) is 5.92 Å². The first-order valence-corrected chi connectivity index (χ1v) is 10.9. The third-order valence-electron chi connectivity index (χ3n) is 5.76. The van der Waals surface area contributed by atoms with E-state index in [9.17, 15) is 13.6 Å². The first kappa shape index (κ1) is 23.0. The maximum Gasteiger partial charge on any atom is 0.410 e. The van der Waals surface area contributed by atoms with E-state index < -0.39 is 12.2 Å². The maximum atomic E-state index is 12.7. The lowest BCUT2D eigenvalue weighted by Gasteiger charge is -2.43. The average Bonchev–Trinajstić information content (AvgIpc) is 3.28. The van der Waals surface area contributed by atoms with E-state index in [1.807, 2.05) is 25.7 Å². The standard InChI is InChI=1S/C21H28F2N6O4/c1-11-13-6-5-12(29(13)20(30)33-21(2,3)4)7-14(11)31-18-10-24-9-16(26-18)25-15-8-17(28-27-15)32-19(22)23/h8-14,19H,5-7H2,1-4H3,(H2,25,26,27,28)/t11-,12-,13+,14+/m1/s1. The largest absolute Gasteiger partial charge is 0.473 e. The van der Waals surface area contributed by atoms with E-state index in [-0.39, 0.29) is 36.1 Å². The van der Waals surface area contributed by atoms with Gasteiger partial charge in [0.1, 0.15) is 17.5 Å². The Bertz CT molecular complexity index is 982. The van der Waals surface area contributed by atoms with Crippen LogP contribution in [0, 0.1) is 5.92 Å². The van der Waals surface area contributed by atoms with Crippen LogP contribution in [0.3, 0.4) is 0 Å². The number of hydrogen-bond donors (Lipinski definition) is 2. The zero-order chi connectivity index (χ0) is 23.8. The lowest BCUT2D eigenvalue weighted by atomic mass is 9.89. The van der Waals surface area contributed by atoms with Crippen molar-refractivity contribution < 1.29 is 27.8 Å². The maximum absolute atomic E-state index is 12.7.